The average Bonchev–Trinajstić information content (AvgIpc) is 2.18. The minimum Gasteiger partial charge on any atom is -0.203 e. The number of hydrogen-bond acceptors (Lipinski definition) is 1. The lowest BCUT2D eigenvalue weighted by atomic mass is 10.2. The highest BCUT2D eigenvalue weighted by atomic mass is 32.2. The summed E-state index contributed by atoms with van der Waals surface area (Å²) in [4.78, 5) is -0.0904. The summed E-state index contributed by atoms with van der Waals surface area (Å²) in [6, 6.07) is 1.53. The Hall–Kier alpha value is -0.780. The van der Waals surface area contributed by atoms with Crippen LogP contribution < -0.4 is 0 Å². The van der Waals surface area contributed by atoms with E-state index in [1.807, 2.05) is 6.92 Å². The van der Waals surface area contributed by atoms with Crippen molar-refractivity contribution in [3.8, 4) is 0 Å². The molecular formula is C10H9F5S. The number of alkyl halides is 3. The molecule has 16 heavy (non-hydrogen) atoms. The van der Waals surface area contributed by atoms with Crippen LogP contribution in [0.2, 0.25) is 0 Å². The van der Waals surface area contributed by atoms with Crippen LogP contribution in [-0.2, 0) is 6.18 Å². The quantitative estimate of drug-likeness (QED) is 0.567. The summed E-state index contributed by atoms with van der Waals surface area (Å²) < 4.78 is 62.9. The third-order valence-electron chi connectivity index (χ3n) is 1.81. The summed E-state index contributed by atoms with van der Waals surface area (Å²) in [5.41, 5.74) is -1.56. The van der Waals surface area contributed by atoms with Crippen LogP contribution in [0.25, 0.3) is 0 Å². The normalized spacial score (nSPS) is 11.9. The SMILES string of the molecule is CCCSc1ccc(C(F)(F)F)c(F)c1F. The van der Waals surface area contributed by atoms with E-state index >= 15 is 0 Å². The van der Waals surface area contributed by atoms with Crippen molar-refractivity contribution in [2.75, 3.05) is 5.75 Å². The van der Waals surface area contributed by atoms with E-state index in [-0.39, 0.29) is 4.90 Å². The predicted molar refractivity (Wildman–Crippen MR) is 52.4 cm³/mol. The van der Waals surface area contributed by atoms with Gasteiger partial charge >= 0.3 is 6.18 Å². The second kappa shape index (κ2) is 5.03. The Balaban J connectivity index is 3.08. The molecule has 0 aliphatic rings. The van der Waals surface area contributed by atoms with Crippen molar-refractivity contribution >= 4 is 11.8 Å². The van der Waals surface area contributed by atoms with Gasteiger partial charge in [0.15, 0.2) is 11.6 Å². The van der Waals surface area contributed by atoms with Gasteiger partial charge in [-0.05, 0) is 24.3 Å². The van der Waals surface area contributed by atoms with Crippen LogP contribution in [0, 0.1) is 11.6 Å². The molecule has 0 N–H and O–H groups in total. The monoisotopic (exact) mass is 256 g/mol. The fraction of sp³-hybridized carbons (Fsp3) is 0.400. The molecule has 0 unspecified atom stereocenters. The first-order chi connectivity index (χ1) is 7.38. The maximum absolute atomic E-state index is 13.2. The van der Waals surface area contributed by atoms with Gasteiger partial charge in [-0.3, -0.25) is 0 Å². The lowest BCUT2D eigenvalue weighted by Crippen LogP contribution is -2.10. The molecule has 0 aromatic heterocycles. The van der Waals surface area contributed by atoms with Crippen LogP contribution in [0.15, 0.2) is 17.0 Å². The average molecular weight is 256 g/mol. The zero-order valence-corrected chi connectivity index (χ0v) is 9.18. The molecule has 6 heteroatoms. The van der Waals surface area contributed by atoms with Crippen LogP contribution >= 0.6 is 11.8 Å². The number of thioether (sulfide) groups is 1. The van der Waals surface area contributed by atoms with Crippen molar-refractivity contribution in [2.45, 2.75) is 24.4 Å². The zero-order valence-electron chi connectivity index (χ0n) is 8.37. The van der Waals surface area contributed by atoms with E-state index in [1.165, 1.54) is 0 Å². The van der Waals surface area contributed by atoms with E-state index in [0.29, 0.717) is 11.8 Å². The second-order valence-electron chi connectivity index (χ2n) is 3.09. The van der Waals surface area contributed by atoms with Crippen LogP contribution in [0.4, 0.5) is 22.0 Å². The van der Waals surface area contributed by atoms with E-state index in [1.54, 1.807) is 0 Å². The van der Waals surface area contributed by atoms with Crippen molar-refractivity contribution in [1.29, 1.82) is 0 Å². The van der Waals surface area contributed by atoms with Gasteiger partial charge in [0, 0.05) is 4.90 Å². The van der Waals surface area contributed by atoms with Gasteiger partial charge in [-0.15, -0.1) is 11.8 Å². The number of rotatable bonds is 3. The third kappa shape index (κ3) is 2.87. The van der Waals surface area contributed by atoms with Gasteiger partial charge in [0.05, 0.1) is 5.56 Å². The predicted octanol–water partition coefficient (Wildman–Crippen LogP) is 4.49. The van der Waals surface area contributed by atoms with Crippen molar-refractivity contribution in [3.05, 3.63) is 29.3 Å². The van der Waals surface area contributed by atoms with Crippen LogP contribution in [0.5, 0.6) is 0 Å². The summed E-state index contributed by atoms with van der Waals surface area (Å²) in [6.07, 6.45) is -4.13. The van der Waals surface area contributed by atoms with Crippen LogP contribution in [-0.4, -0.2) is 5.75 Å². The molecule has 0 nitrogen and oxygen atoms in total. The molecule has 0 aliphatic heterocycles. The Kier molecular flexibility index (Phi) is 4.18. The minimum atomic E-state index is -4.86. The Morgan fingerprint density at radius 2 is 1.75 bits per heavy atom. The molecular weight excluding hydrogens is 247 g/mol. The molecule has 0 aliphatic carbocycles. The highest BCUT2D eigenvalue weighted by Gasteiger charge is 2.35. The Bertz CT molecular complexity index is 372. The molecule has 90 valence electrons. The van der Waals surface area contributed by atoms with E-state index in [9.17, 15) is 22.0 Å². The number of halogens is 5. The van der Waals surface area contributed by atoms with Crippen molar-refractivity contribution < 1.29 is 22.0 Å². The molecule has 1 rings (SSSR count). The summed E-state index contributed by atoms with van der Waals surface area (Å²) in [5.74, 6) is -2.72. The maximum Gasteiger partial charge on any atom is 0.419 e. The fourth-order valence-electron chi connectivity index (χ4n) is 1.07. The zero-order chi connectivity index (χ0) is 12.3. The first-order valence-electron chi connectivity index (χ1n) is 4.56. The van der Waals surface area contributed by atoms with Crippen LogP contribution in [0.1, 0.15) is 18.9 Å². The molecule has 0 amide bonds. The van der Waals surface area contributed by atoms with E-state index < -0.39 is 23.4 Å². The molecule has 1 aromatic rings. The third-order valence-corrected chi connectivity index (χ3v) is 3.05. The van der Waals surface area contributed by atoms with Gasteiger partial charge in [-0.25, -0.2) is 8.78 Å². The fourth-order valence-corrected chi connectivity index (χ4v) is 1.88. The van der Waals surface area contributed by atoms with Gasteiger partial charge < -0.3 is 0 Å². The van der Waals surface area contributed by atoms with Crippen molar-refractivity contribution in [3.63, 3.8) is 0 Å². The molecule has 0 radical (unpaired) electrons. The van der Waals surface area contributed by atoms with E-state index in [2.05, 4.69) is 0 Å². The van der Waals surface area contributed by atoms with Gasteiger partial charge in [0.25, 0.3) is 0 Å². The first-order valence-corrected chi connectivity index (χ1v) is 5.54. The Morgan fingerprint density at radius 3 is 2.25 bits per heavy atom. The Morgan fingerprint density at radius 1 is 1.12 bits per heavy atom. The molecule has 0 bridgehead atoms. The molecule has 0 atom stereocenters. The standard InChI is InChI=1S/C10H9F5S/c1-2-5-16-7-4-3-6(10(13,14)15)8(11)9(7)12/h3-4H,2,5H2,1H3. The van der Waals surface area contributed by atoms with Gasteiger partial charge in [-0.2, -0.15) is 13.2 Å². The van der Waals surface area contributed by atoms with Gasteiger partial charge in [0.1, 0.15) is 0 Å². The van der Waals surface area contributed by atoms with Gasteiger partial charge in [0.2, 0.25) is 0 Å². The van der Waals surface area contributed by atoms with Gasteiger partial charge in [-0.1, -0.05) is 6.92 Å². The molecule has 1 aromatic carbocycles. The topological polar surface area (TPSA) is 0 Å². The lowest BCUT2D eigenvalue weighted by molar-refractivity contribution is -0.140. The smallest absolute Gasteiger partial charge is 0.203 e. The minimum absolute atomic E-state index is 0.0904. The first kappa shape index (κ1) is 13.3. The highest BCUT2D eigenvalue weighted by Crippen LogP contribution is 2.35. The van der Waals surface area contributed by atoms with E-state index in [4.69, 9.17) is 0 Å². The highest BCUT2D eigenvalue weighted by molar-refractivity contribution is 7.99. The van der Waals surface area contributed by atoms with Crippen molar-refractivity contribution in [1.82, 2.24) is 0 Å². The van der Waals surface area contributed by atoms with Crippen LogP contribution in [0.3, 0.4) is 0 Å². The molecule has 0 fully saturated rings. The Labute approximate surface area is 93.8 Å². The van der Waals surface area contributed by atoms with E-state index in [0.717, 1.165) is 24.2 Å². The molecule has 0 saturated carbocycles. The molecule has 0 saturated heterocycles. The largest absolute Gasteiger partial charge is 0.419 e. The number of hydrogen-bond donors (Lipinski definition) is 0. The second-order valence-corrected chi connectivity index (χ2v) is 4.22. The molecule has 0 spiro atoms. The summed E-state index contributed by atoms with van der Waals surface area (Å²) in [6.45, 7) is 1.84. The maximum atomic E-state index is 13.2. The summed E-state index contributed by atoms with van der Waals surface area (Å²) >= 11 is 0.998. The summed E-state index contributed by atoms with van der Waals surface area (Å²) in [5, 5.41) is 0. The molecule has 0 heterocycles. The lowest BCUT2D eigenvalue weighted by Gasteiger charge is -2.10. The van der Waals surface area contributed by atoms with Crippen molar-refractivity contribution in [2.24, 2.45) is 0 Å². The summed E-state index contributed by atoms with van der Waals surface area (Å²) in [7, 11) is 0. The number of benzene rings is 1.